The molecule has 0 bridgehead atoms. The first-order chi connectivity index (χ1) is 12.6. The van der Waals surface area contributed by atoms with Crippen LogP contribution in [-0.4, -0.2) is 17.1 Å². The van der Waals surface area contributed by atoms with Gasteiger partial charge in [0.2, 0.25) is 0 Å². The molecular weight excluding hydrogens is 328 g/mol. The van der Waals surface area contributed by atoms with Crippen molar-refractivity contribution in [2.45, 2.75) is 6.04 Å². The minimum Gasteiger partial charge on any atom is -0.478 e. The molecule has 5 heteroatoms. The Kier molecular flexibility index (Phi) is 5.29. The summed E-state index contributed by atoms with van der Waals surface area (Å²) in [6.45, 7) is 0. The Balaban J connectivity index is 1.76. The van der Waals surface area contributed by atoms with Gasteiger partial charge in [-0.2, -0.15) is 0 Å². The second-order valence-electron chi connectivity index (χ2n) is 5.74. The van der Waals surface area contributed by atoms with Crippen molar-refractivity contribution < 1.29 is 14.7 Å². The van der Waals surface area contributed by atoms with Crippen LogP contribution < -0.4 is 10.6 Å². The van der Waals surface area contributed by atoms with Crippen LogP contribution in [-0.2, 0) is 0 Å². The average molecular weight is 346 g/mol. The Bertz CT molecular complexity index is 839. The molecule has 0 aliphatic carbocycles. The van der Waals surface area contributed by atoms with E-state index in [0.29, 0.717) is 5.69 Å². The number of hydrogen-bond donors (Lipinski definition) is 3. The molecule has 2 amide bonds. The quantitative estimate of drug-likeness (QED) is 0.645. The van der Waals surface area contributed by atoms with Crippen molar-refractivity contribution >= 4 is 17.7 Å². The van der Waals surface area contributed by atoms with E-state index in [9.17, 15) is 9.59 Å². The molecule has 0 heterocycles. The lowest BCUT2D eigenvalue weighted by atomic mass is 9.99. The Hall–Kier alpha value is -3.60. The van der Waals surface area contributed by atoms with Crippen LogP contribution in [0.5, 0.6) is 0 Å². The molecule has 130 valence electrons. The Morgan fingerprint density at radius 3 is 1.69 bits per heavy atom. The Labute approximate surface area is 151 Å². The van der Waals surface area contributed by atoms with Gasteiger partial charge in [0.05, 0.1) is 11.6 Å². The molecule has 0 aliphatic rings. The predicted molar refractivity (Wildman–Crippen MR) is 100 cm³/mol. The summed E-state index contributed by atoms with van der Waals surface area (Å²) in [7, 11) is 0. The third kappa shape index (κ3) is 4.27. The number of amides is 2. The predicted octanol–water partition coefficient (Wildman–Crippen LogP) is 4.30. The first kappa shape index (κ1) is 17.2. The highest BCUT2D eigenvalue weighted by Gasteiger charge is 2.16. The topological polar surface area (TPSA) is 78.4 Å². The van der Waals surface area contributed by atoms with Gasteiger partial charge in [-0.05, 0) is 35.4 Å². The molecule has 0 saturated carbocycles. The lowest BCUT2D eigenvalue weighted by Crippen LogP contribution is -2.33. The Morgan fingerprint density at radius 1 is 0.731 bits per heavy atom. The number of anilines is 1. The van der Waals surface area contributed by atoms with Crippen LogP contribution in [0.15, 0.2) is 84.9 Å². The lowest BCUT2D eigenvalue weighted by molar-refractivity contribution is 0.0697. The molecule has 3 aromatic carbocycles. The fraction of sp³-hybridized carbons (Fsp3) is 0.0476. The molecule has 26 heavy (non-hydrogen) atoms. The van der Waals surface area contributed by atoms with E-state index in [1.165, 1.54) is 12.1 Å². The molecule has 3 rings (SSSR count). The van der Waals surface area contributed by atoms with E-state index in [0.717, 1.165) is 11.1 Å². The molecule has 0 saturated heterocycles. The van der Waals surface area contributed by atoms with E-state index in [1.54, 1.807) is 12.1 Å². The summed E-state index contributed by atoms with van der Waals surface area (Å²) >= 11 is 0. The third-order valence-electron chi connectivity index (χ3n) is 3.93. The van der Waals surface area contributed by atoms with Gasteiger partial charge in [0, 0.05) is 5.69 Å². The highest BCUT2D eigenvalue weighted by atomic mass is 16.4. The molecule has 0 aliphatic heterocycles. The number of carbonyl (C=O) groups excluding carboxylic acids is 1. The van der Waals surface area contributed by atoms with Crippen molar-refractivity contribution in [1.29, 1.82) is 0 Å². The fourth-order valence-electron chi connectivity index (χ4n) is 2.64. The van der Waals surface area contributed by atoms with Crippen LogP contribution in [0.1, 0.15) is 27.5 Å². The number of nitrogens with one attached hydrogen (secondary N) is 2. The molecule has 0 atom stereocenters. The van der Waals surface area contributed by atoms with Gasteiger partial charge in [-0.3, -0.25) is 0 Å². The standard InChI is InChI=1S/C21H18N2O3/c24-20(25)17-11-13-18(14-12-17)22-21(26)23-19(15-7-3-1-4-8-15)16-9-5-2-6-10-16/h1-14,19H,(H,24,25)(H2,22,23,26). The third-order valence-corrected chi connectivity index (χ3v) is 3.93. The number of aromatic carboxylic acids is 1. The van der Waals surface area contributed by atoms with Gasteiger partial charge in [0.15, 0.2) is 0 Å². The van der Waals surface area contributed by atoms with Gasteiger partial charge < -0.3 is 15.7 Å². The lowest BCUT2D eigenvalue weighted by Gasteiger charge is -2.20. The number of benzene rings is 3. The van der Waals surface area contributed by atoms with Crippen molar-refractivity contribution in [2.24, 2.45) is 0 Å². The number of carboxylic acid groups (broad SMARTS) is 1. The van der Waals surface area contributed by atoms with Crippen molar-refractivity contribution in [1.82, 2.24) is 5.32 Å². The van der Waals surface area contributed by atoms with Gasteiger partial charge in [0.1, 0.15) is 0 Å². The maximum atomic E-state index is 12.4. The first-order valence-electron chi connectivity index (χ1n) is 8.14. The number of hydrogen-bond acceptors (Lipinski definition) is 2. The molecule has 5 nitrogen and oxygen atoms in total. The van der Waals surface area contributed by atoms with Gasteiger partial charge in [-0.15, -0.1) is 0 Å². The fourth-order valence-corrected chi connectivity index (χ4v) is 2.64. The molecule has 0 spiro atoms. The van der Waals surface area contributed by atoms with Crippen LogP contribution in [0.4, 0.5) is 10.5 Å². The highest BCUT2D eigenvalue weighted by Crippen LogP contribution is 2.22. The van der Waals surface area contributed by atoms with E-state index in [-0.39, 0.29) is 17.6 Å². The summed E-state index contributed by atoms with van der Waals surface area (Å²) in [5.41, 5.74) is 2.62. The molecule has 0 radical (unpaired) electrons. The summed E-state index contributed by atoms with van der Waals surface area (Å²) in [6.07, 6.45) is 0. The summed E-state index contributed by atoms with van der Waals surface area (Å²) in [6, 6.07) is 24.7. The van der Waals surface area contributed by atoms with Crippen LogP contribution in [0, 0.1) is 0 Å². The van der Waals surface area contributed by atoms with Gasteiger partial charge in [0.25, 0.3) is 0 Å². The minimum atomic E-state index is -1.01. The second kappa shape index (κ2) is 7.98. The molecule has 0 unspecified atom stereocenters. The molecule has 0 fully saturated rings. The van der Waals surface area contributed by atoms with Crippen molar-refractivity contribution in [3.63, 3.8) is 0 Å². The van der Waals surface area contributed by atoms with Crippen LogP contribution >= 0.6 is 0 Å². The van der Waals surface area contributed by atoms with E-state index in [1.807, 2.05) is 60.7 Å². The number of urea groups is 1. The SMILES string of the molecule is O=C(Nc1ccc(C(=O)O)cc1)NC(c1ccccc1)c1ccccc1. The van der Waals surface area contributed by atoms with Crippen molar-refractivity contribution in [3.05, 3.63) is 102 Å². The van der Waals surface area contributed by atoms with Crippen LogP contribution in [0.2, 0.25) is 0 Å². The first-order valence-corrected chi connectivity index (χ1v) is 8.14. The van der Waals surface area contributed by atoms with E-state index in [4.69, 9.17) is 5.11 Å². The average Bonchev–Trinajstić information content (AvgIpc) is 2.68. The van der Waals surface area contributed by atoms with Gasteiger partial charge in [-0.25, -0.2) is 9.59 Å². The maximum Gasteiger partial charge on any atom is 0.335 e. The number of carbonyl (C=O) groups is 2. The monoisotopic (exact) mass is 346 g/mol. The van der Waals surface area contributed by atoms with Crippen molar-refractivity contribution in [3.8, 4) is 0 Å². The van der Waals surface area contributed by atoms with Crippen LogP contribution in [0.25, 0.3) is 0 Å². The minimum absolute atomic E-state index is 0.169. The zero-order chi connectivity index (χ0) is 18.4. The smallest absolute Gasteiger partial charge is 0.335 e. The maximum absolute atomic E-state index is 12.4. The molecule has 3 aromatic rings. The normalized spacial score (nSPS) is 10.3. The molecular formula is C21H18N2O3. The highest BCUT2D eigenvalue weighted by molar-refractivity contribution is 5.91. The van der Waals surface area contributed by atoms with Crippen molar-refractivity contribution in [2.75, 3.05) is 5.32 Å². The summed E-state index contributed by atoms with van der Waals surface area (Å²) < 4.78 is 0. The second-order valence-corrected chi connectivity index (χ2v) is 5.74. The van der Waals surface area contributed by atoms with E-state index < -0.39 is 5.97 Å². The largest absolute Gasteiger partial charge is 0.478 e. The summed E-state index contributed by atoms with van der Waals surface area (Å²) in [5.74, 6) is -1.01. The number of rotatable bonds is 5. The Morgan fingerprint density at radius 2 is 1.23 bits per heavy atom. The van der Waals surface area contributed by atoms with Gasteiger partial charge >= 0.3 is 12.0 Å². The van der Waals surface area contributed by atoms with Crippen LogP contribution in [0.3, 0.4) is 0 Å². The molecule has 3 N–H and O–H groups in total. The van der Waals surface area contributed by atoms with E-state index >= 15 is 0 Å². The van der Waals surface area contributed by atoms with E-state index in [2.05, 4.69) is 10.6 Å². The zero-order valence-electron chi connectivity index (χ0n) is 13.9. The summed E-state index contributed by atoms with van der Waals surface area (Å²) in [4.78, 5) is 23.3. The van der Waals surface area contributed by atoms with Gasteiger partial charge in [-0.1, -0.05) is 60.7 Å². The summed E-state index contributed by atoms with van der Waals surface area (Å²) in [5, 5.41) is 14.6. The number of carboxylic acids is 1. The zero-order valence-corrected chi connectivity index (χ0v) is 13.9. The molecule has 0 aromatic heterocycles.